The van der Waals surface area contributed by atoms with Crippen LogP contribution < -0.4 is 5.73 Å². The number of carboxylic acid groups (broad SMARTS) is 1. The van der Waals surface area contributed by atoms with Crippen LogP contribution in [0.15, 0.2) is 0 Å². The van der Waals surface area contributed by atoms with Crippen molar-refractivity contribution >= 4 is 5.97 Å². The van der Waals surface area contributed by atoms with Gasteiger partial charge in [0.1, 0.15) is 6.04 Å². The molecule has 0 aliphatic rings. The van der Waals surface area contributed by atoms with Gasteiger partial charge in [0.15, 0.2) is 0 Å². The van der Waals surface area contributed by atoms with E-state index in [4.69, 9.17) is 10.8 Å². The molecule has 72 valence electrons. The predicted molar refractivity (Wildman–Crippen MR) is 48.9 cm³/mol. The van der Waals surface area contributed by atoms with Gasteiger partial charge in [-0.3, -0.25) is 4.79 Å². The first-order valence-corrected chi connectivity index (χ1v) is 4.61. The van der Waals surface area contributed by atoms with Gasteiger partial charge in [-0.1, -0.05) is 26.7 Å². The van der Waals surface area contributed by atoms with Crippen LogP contribution in [0.5, 0.6) is 0 Å². The Morgan fingerprint density at radius 3 is 2.00 bits per heavy atom. The molecule has 0 bridgehead atoms. The minimum atomic E-state index is -0.873. The molecule has 1 atom stereocenters. The maximum atomic E-state index is 10.6. The summed E-state index contributed by atoms with van der Waals surface area (Å²) in [5.74, 6) is -0.723. The molecule has 0 aromatic rings. The summed E-state index contributed by atoms with van der Waals surface area (Å²) in [5, 5.41) is 8.68. The van der Waals surface area contributed by atoms with Gasteiger partial charge in [0, 0.05) is 0 Å². The van der Waals surface area contributed by atoms with Crippen molar-refractivity contribution < 1.29 is 9.90 Å². The monoisotopic (exact) mass is 173 g/mol. The number of hydrogen-bond acceptors (Lipinski definition) is 2. The van der Waals surface area contributed by atoms with E-state index in [-0.39, 0.29) is 5.92 Å². The second kappa shape index (κ2) is 6.00. The third-order valence-corrected chi connectivity index (χ3v) is 2.11. The fourth-order valence-electron chi connectivity index (χ4n) is 1.45. The molecule has 0 aliphatic heterocycles. The second-order valence-electron chi connectivity index (χ2n) is 3.20. The molecular formula is C9H19NO2. The Morgan fingerprint density at radius 2 is 1.75 bits per heavy atom. The van der Waals surface area contributed by atoms with Crippen LogP contribution in [0.2, 0.25) is 0 Å². The van der Waals surface area contributed by atoms with E-state index in [1.807, 2.05) is 0 Å². The van der Waals surface area contributed by atoms with Gasteiger partial charge in [0.25, 0.3) is 0 Å². The SMILES string of the molecule is CCCC(CCC)[C@@H](N)C(=O)O. The van der Waals surface area contributed by atoms with Gasteiger partial charge in [0.2, 0.25) is 0 Å². The average molecular weight is 173 g/mol. The molecule has 0 aromatic carbocycles. The van der Waals surface area contributed by atoms with Crippen LogP contribution in [0.25, 0.3) is 0 Å². The highest BCUT2D eigenvalue weighted by atomic mass is 16.4. The molecule has 0 saturated carbocycles. The molecule has 0 saturated heterocycles. The normalized spacial score (nSPS) is 13.3. The summed E-state index contributed by atoms with van der Waals surface area (Å²) in [5.41, 5.74) is 5.53. The first-order valence-electron chi connectivity index (χ1n) is 4.61. The Bertz CT molecular complexity index is 130. The quantitative estimate of drug-likeness (QED) is 0.641. The zero-order chi connectivity index (χ0) is 9.56. The Hall–Kier alpha value is -0.570. The van der Waals surface area contributed by atoms with E-state index in [0.717, 1.165) is 25.7 Å². The highest BCUT2D eigenvalue weighted by molar-refractivity contribution is 5.73. The third kappa shape index (κ3) is 3.72. The Balaban J connectivity index is 3.98. The molecule has 0 aliphatic carbocycles. The van der Waals surface area contributed by atoms with Crippen molar-refractivity contribution in [2.75, 3.05) is 0 Å². The van der Waals surface area contributed by atoms with Crippen LogP contribution in [0.4, 0.5) is 0 Å². The molecule has 12 heavy (non-hydrogen) atoms. The Labute approximate surface area is 74.0 Å². The van der Waals surface area contributed by atoms with Gasteiger partial charge in [-0.2, -0.15) is 0 Å². The number of hydrogen-bond donors (Lipinski definition) is 2. The van der Waals surface area contributed by atoms with Crippen LogP contribution in [0.3, 0.4) is 0 Å². The largest absolute Gasteiger partial charge is 0.480 e. The van der Waals surface area contributed by atoms with E-state index in [0.29, 0.717) is 0 Å². The molecule has 0 radical (unpaired) electrons. The van der Waals surface area contributed by atoms with Crippen LogP contribution in [-0.4, -0.2) is 17.1 Å². The van der Waals surface area contributed by atoms with E-state index >= 15 is 0 Å². The molecule has 0 aromatic heterocycles. The average Bonchev–Trinajstić information content (AvgIpc) is 2.03. The summed E-state index contributed by atoms with van der Waals surface area (Å²) in [7, 11) is 0. The molecule has 3 heteroatoms. The molecule has 3 N–H and O–H groups in total. The highest BCUT2D eigenvalue weighted by Gasteiger charge is 2.22. The van der Waals surface area contributed by atoms with Crippen molar-refractivity contribution in [2.24, 2.45) is 11.7 Å². The topological polar surface area (TPSA) is 63.3 Å². The zero-order valence-corrected chi connectivity index (χ0v) is 7.92. The molecule has 0 heterocycles. The third-order valence-electron chi connectivity index (χ3n) is 2.11. The van der Waals surface area contributed by atoms with E-state index in [1.54, 1.807) is 0 Å². The smallest absolute Gasteiger partial charge is 0.320 e. The molecule has 0 rings (SSSR count). The standard InChI is InChI=1S/C9H19NO2/c1-3-5-7(6-4-2)8(10)9(11)12/h7-8H,3-6,10H2,1-2H3,(H,11,12)/t8-/m1/s1. The lowest BCUT2D eigenvalue weighted by Gasteiger charge is -2.18. The predicted octanol–water partition coefficient (Wildman–Crippen LogP) is 1.61. The van der Waals surface area contributed by atoms with Crippen molar-refractivity contribution in [3.63, 3.8) is 0 Å². The summed E-state index contributed by atoms with van der Waals surface area (Å²) >= 11 is 0. The van der Waals surface area contributed by atoms with Gasteiger partial charge < -0.3 is 10.8 Å². The van der Waals surface area contributed by atoms with Crippen molar-refractivity contribution in [3.05, 3.63) is 0 Å². The summed E-state index contributed by atoms with van der Waals surface area (Å²) in [4.78, 5) is 10.6. The van der Waals surface area contributed by atoms with Crippen molar-refractivity contribution in [1.29, 1.82) is 0 Å². The second-order valence-corrected chi connectivity index (χ2v) is 3.20. The van der Waals surface area contributed by atoms with E-state index in [2.05, 4.69) is 13.8 Å². The Kier molecular flexibility index (Phi) is 5.72. The Morgan fingerprint density at radius 1 is 1.33 bits per heavy atom. The first-order chi connectivity index (χ1) is 5.63. The number of rotatable bonds is 6. The van der Waals surface area contributed by atoms with Crippen molar-refractivity contribution in [1.82, 2.24) is 0 Å². The van der Waals surface area contributed by atoms with Crippen LogP contribution >= 0.6 is 0 Å². The van der Waals surface area contributed by atoms with E-state index in [1.165, 1.54) is 0 Å². The summed E-state index contributed by atoms with van der Waals surface area (Å²) < 4.78 is 0. The number of aliphatic carboxylic acids is 1. The summed E-state index contributed by atoms with van der Waals surface area (Å²) in [6.45, 7) is 4.11. The molecule has 0 amide bonds. The molecule has 0 unspecified atom stereocenters. The fraction of sp³-hybridized carbons (Fsp3) is 0.889. The lowest BCUT2D eigenvalue weighted by atomic mass is 9.91. The molecule has 0 spiro atoms. The van der Waals surface area contributed by atoms with Gasteiger partial charge in [0.05, 0.1) is 0 Å². The van der Waals surface area contributed by atoms with Gasteiger partial charge in [-0.25, -0.2) is 0 Å². The highest BCUT2D eigenvalue weighted by Crippen LogP contribution is 2.16. The number of nitrogens with two attached hydrogens (primary N) is 1. The van der Waals surface area contributed by atoms with Gasteiger partial charge >= 0.3 is 5.97 Å². The van der Waals surface area contributed by atoms with Crippen LogP contribution in [-0.2, 0) is 4.79 Å². The van der Waals surface area contributed by atoms with Gasteiger partial charge in [-0.15, -0.1) is 0 Å². The molecular weight excluding hydrogens is 154 g/mol. The van der Waals surface area contributed by atoms with E-state index in [9.17, 15) is 4.79 Å². The molecule has 3 nitrogen and oxygen atoms in total. The summed E-state index contributed by atoms with van der Waals surface area (Å²) in [6, 6.07) is -0.676. The van der Waals surface area contributed by atoms with Gasteiger partial charge in [-0.05, 0) is 18.8 Å². The number of carboxylic acids is 1. The maximum Gasteiger partial charge on any atom is 0.320 e. The zero-order valence-electron chi connectivity index (χ0n) is 7.92. The van der Waals surface area contributed by atoms with Crippen molar-refractivity contribution in [3.8, 4) is 0 Å². The lowest BCUT2D eigenvalue weighted by molar-refractivity contribution is -0.140. The first kappa shape index (κ1) is 11.4. The van der Waals surface area contributed by atoms with Crippen LogP contribution in [0, 0.1) is 5.92 Å². The minimum Gasteiger partial charge on any atom is -0.480 e. The minimum absolute atomic E-state index is 0.150. The van der Waals surface area contributed by atoms with E-state index < -0.39 is 12.0 Å². The van der Waals surface area contributed by atoms with Crippen molar-refractivity contribution in [2.45, 2.75) is 45.6 Å². The number of carbonyl (C=O) groups is 1. The lowest BCUT2D eigenvalue weighted by Crippen LogP contribution is -2.37. The molecule has 0 fully saturated rings. The summed E-state index contributed by atoms with van der Waals surface area (Å²) in [6.07, 6.45) is 3.85. The van der Waals surface area contributed by atoms with Crippen LogP contribution in [0.1, 0.15) is 39.5 Å². The maximum absolute atomic E-state index is 10.6. The fourth-order valence-corrected chi connectivity index (χ4v) is 1.45.